The number of allylic oxidation sites excluding steroid dienone is 1. The van der Waals surface area contributed by atoms with Crippen LogP contribution in [-0.2, 0) is 13.0 Å². The van der Waals surface area contributed by atoms with E-state index in [1.807, 2.05) is 48.5 Å². The first-order valence-electron chi connectivity index (χ1n) is 6.91. The van der Waals surface area contributed by atoms with Gasteiger partial charge in [0.25, 0.3) is 0 Å². The first-order chi connectivity index (χ1) is 10.8. The second-order valence-electron chi connectivity index (χ2n) is 4.73. The van der Waals surface area contributed by atoms with Crippen LogP contribution in [-0.4, -0.2) is 0 Å². The van der Waals surface area contributed by atoms with Gasteiger partial charge in [-0.1, -0.05) is 48.5 Å². The SMILES string of the molecule is C=CCc1ccccc1OCc1ccccc1C(C#N)N=O. The van der Waals surface area contributed by atoms with E-state index in [-0.39, 0.29) is 6.61 Å². The molecule has 1 unspecified atom stereocenters. The van der Waals surface area contributed by atoms with Gasteiger partial charge in [0.1, 0.15) is 12.4 Å². The fraction of sp³-hybridized carbons (Fsp3) is 0.167. The quantitative estimate of drug-likeness (QED) is 0.563. The van der Waals surface area contributed by atoms with Crippen molar-refractivity contribution in [2.45, 2.75) is 19.1 Å². The molecule has 0 aromatic heterocycles. The third kappa shape index (κ3) is 3.58. The highest BCUT2D eigenvalue weighted by atomic mass is 16.5. The topological polar surface area (TPSA) is 62.4 Å². The number of nitrogens with zero attached hydrogens (tertiary/aromatic N) is 2. The predicted molar refractivity (Wildman–Crippen MR) is 85.3 cm³/mol. The van der Waals surface area contributed by atoms with Crippen molar-refractivity contribution in [3.63, 3.8) is 0 Å². The second kappa shape index (κ2) is 7.75. The number of nitroso groups, excluding NO2 is 1. The number of ether oxygens (including phenoxy) is 1. The van der Waals surface area contributed by atoms with E-state index in [1.54, 1.807) is 12.1 Å². The monoisotopic (exact) mass is 292 g/mol. The molecule has 0 N–H and O–H groups in total. The van der Waals surface area contributed by atoms with E-state index in [4.69, 9.17) is 10.00 Å². The number of para-hydroxylation sites is 1. The minimum absolute atomic E-state index is 0.276. The smallest absolute Gasteiger partial charge is 0.203 e. The molecule has 4 nitrogen and oxygen atoms in total. The number of rotatable bonds is 7. The molecule has 22 heavy (non-hydrogen) atoms. The van der Waals surface area contributed by atoms with Crippen LogP contribution in [0.3, 0.4) is 0 Å². The Labute approximate surface area is 129 Å². The van der Waals surface area contributed by atoms with Gasteiger partial charge in [0, 0.05) is 5.56 Å². The molecule has 0 aliphatic heterocycles. The molecule has 0 aliphatic rings. The van der Waals surface area contributed by atoms with Crippen LogP contribution >= 0.6 is 0 Å². The molecular weight excluding hydrogens is 276 g/mol. The van der Waals surface area contributed by atoms with Crippen LogP contribution < -0.4 is 4.74 Å². The van der Waals surface area contributed by atoms with Gasteiger partial charge >= 0.3 is 0 Å². The van der Waals surface area contributed by atoms with Gasteiger partial charge in [-0.05, 0) is 28.8 Å². The summed E-state index contributed by atoms with van der Waals surface area (Å²) in [6.07, 6.45) is 2.53. The fourth-order valence-corrected chi connectivity index (χ4v) is 2.21. The van der Waals surface area contributed by atoms with Crippen LogP contribution in [0.5, 0.6) is 5.75 Å². The van der Waals surface area contributed by atoms with E-state index in [0.717, 1.165) is 16.9 Å². The lowest BCUT2D eigenvalue weighted by molar-refractivity contribution is 0.302. The van der Waals surface area contributed by atoms with Crippen molar-refractivity contribution in [1.82, 2.24) is 0 Å². The molecule has 0 fully saturated rings. The van der Waals surface area contributed by atoms with Gasteiger partial charge in [-0.15, -0.1) is 11.5 Å². The second-order valence-corrected chi connectivity index (χ2v) is 4.73. The Morgan fingerprint density at radius 2 is 1.86 bits per heavy atom. The zero-order valence-corrected chi connectivity index (χ0v) is 12.1. The van der Waals surface area contributed by atoms with Crippen molar-refractivity contribution >= 4 is 0 Å². The Kier molecular flexibility index (Phi) is 5.44. The summed E-state index contributed by atoms with van der Waals surface area (Å²) in [5.41, 5.74) is 2.41. The zero-order valence-electron chi connectivity index (χ0n) is 12.1. The largest absolute Gasteiger partial charge is 0.489 e. The predicted octanol–water partition coefficient (Wildman–Crippen LogP) is 4.33. The molecular formula is C18H16N2O2. The molecule has 0 spiro atoms. The number of benzene rings is 2. The Bertz CT molecular complexity index is 704. The molecule has 0 amide bonds. The van der Waals surface area contributed by atoms with Gasteiger partial charge in [-0.25, -0.2) is 0 Å². The van der Waals surface area contributed by atoms with Gasteiger partial charge < -0.3 is 4.74 Å². The summed E-state index contributed by atoms with van der Waals surface area (Å²) in [4.78, 5) is 10.8. The van der Waals surface area contributed by atoms with Crippen molar-refractivity contribution < 1.29 is 4.74 Å². The Hall–Kier alpha value is -2.93. The molecule has 0 aliphatic carbocycles. The highest BCUT2D eigenvalue weighted by Gasteiger charge is 2.15. The molecule has 2 rings (SSSR count). The molecule has 0 bridgehead atoms. The van der Waals surface area contributed by atoms with Crippen LogP contribution in [0.25, 0.3) is 0 Å². The molecule has 0 heterocycles. The van der Waals surface area contributed by atoms with E-state index in [0.29, 0.717) is 12.0 Å². The number of nitriles is 1. The minimum Gasteiger partial charge on any atom is -0.489 e. The van der Waals surface area contributed by atoms with Crippen LogP contribution in [0.15, 0.2) is 66.4 Å². The molecule has 0 saturated heterocycles. The van der Waals surface area contributed by atoms with Crippen LogP contribution in [0.1, 0.15) is 22.7 Å². The Morgan fingerprint density at radius 1 is 1.18 bits per heavy atom. The van der Waals surface area contributed by atoms with Crippen molar-refractivity contribution in [1.29, 1.82) is 5.26 Å². The summed E-state index contributed by atoms with van der Waals surface area (Å²) in [6, 6.07) is 15.8. The van der Waals surface area contributed by atoms with Gasteiger partial charge in [0.2, 0.25) is 6.04 Å². The first kappa shape index (κ1) is 15.5. The van der Waals surface area contributed by atoms with E-state index < -0.39 is 6.04 Å². The third-order valence-corrected chi connectivity index (χ3v) is 3.30. The Balaban J connectivity index is 2.21. The van der Waals surface area contributed by atoms with Gasteiger partial charge in [0.15, 0.2) is 0 Å². The van der Waals surface area contributed by atoms with Crippen LogP contribution in [0.2, 0.25) is 0 Å². The van der Waals surface area contributed by atoms with Gasteiger partial charge in [-0.3, -0.25) is 0 Å². The van der Waals surface area contributed by atoms with Gasteiger partial charge in [-0.2, -0.15) is 5.26 Å². The van der Waals surface area contributed by atoms with E-state index in [9.17, 15) is 4.91 Å². The number of hydrogen-bond donors (Lipinski definition) is 0. The fourth-order valence-electron chi connectivity index (χ4n) is 2.21. The first-order valence-corrected chi connectivity index (χ1v) is 6.91. The molecule has 0 saturated carbocycles. The maximum atomic E-state index is 10.8. The van der Waals surface area contributed by atoms with Gasteiger partial charge in [0.05, 0.1) is 6.07 Å². The molecule has 110 valence electrons. The highest BCUT2D eigenvalue weighted by molar-refractivity contribution is 5.36. The maximum absolute atomic E-state index is 10.8. The summed E-state index contributed by atoms with van der Waals surface area (Å²) < 4.78 is 5.85. The third-order valence-electron chi connectivity index (χ3n) is 3.30. The van der Waals surface area contributed by atoms with E-state index >= 15 is 0 Å². The standard InChI is InChI=1S/C18H16N2O2/c1-2-7-14-8-4-6-11-18(14)22-13-15-9-3-5-10-16(15)17(12-19)20-21/h2-6,8-11,17H,1,7,13H2. The average Bonchev–Trinajstić information content (AvgIpc) is 2.56. The molecule has 4 heteroatoms. The lowest BCUT2D eigenvalue weighted by atomic mass is 10.0. The summed E-state index contributed by atoms with van der Waals surface area (Å²) in [6.45, 7) is 4.01. The van der Waals surface area contributed by atoms with Crippen molar-refractivity contribution in [3.05, 3.63) is 82.8 Å². The van der Waals surface area contributed by atoms with E-state index in [2.05, 4.69) is 11.8 Å². The minimum atomic E-state index is -1.01. The summed E-state index contributed by atoms with van der Waals surface area (Å²) in [7, 11) is 0. The normalized spacial score (nSPS) is 11.2. The maximum Gasteiger partial charge on any atom is 0.203 e. The number of hydrogen-bond acceptors (Lipinski definition) is 4. The van der Waals surface area contributed by atoms with Crippen molar-refractivity contribution in [2.75, 3.05) is 0 Å². The summed E-state index contributed by atoms with van der Waals surface area (Å²) >= 11 is 0. The highest BCUT2D eigenvalue weighted by Crippen LogP contribution is 2.24. The summed E-state index contributed by atoms with van der Waals surface area (Å²) in [5.74, 6) is 0.768. The van der Waals surface area contributed by atoms with Crippen molar-refractivity contribution in [3.8, 4) is 11.8 Å². The zero-order chi connectivity index (χ0) is 15.8. The summed E-state index contributed by atoms with van der Waals surface area (Å²) in [5, 5.41) is 11.9. The van der Waals surface area contributed by atoms with E-state index in [1.165, 1.54) is 0 Å². The van der Waals surface area contributed by atoms with Crippen molar-refractivity contribution in [2.24, 2.45) is 5.18 Å². The van der Waals surface area contributed by atoms with Crippen LogP contribution in [0, 0.1) is 16.2 Å². The molecule has 2 aromatic rings. The average molecular weight is 292 g/mol. The molecule has 0 radical (unpaired) electrons. The lowest BCUT2D eigenvalue weighted by Crippen LogP contribution is -2.03. The molecule has 1 atom stereocenters. The van der Waals surface area contributed by atoms with Crippen LogP contribution in [0.4, 0.5) is 0 Å². The molecule has 2 aromatic carbocycles. The Morgan fingerprint density at radius 3 is 2.55 bits per heavy atom. The lowest BCUT2D eigenvalue weighted by Gasteiger charge is -2.13.